The lowest BCUT2D eigenvalue weighted by molar-refractivity contribution is 0.425. The first kappa shape index (κ1) is 12.6. The van der Waals surface area contributed by atoms with Gasteiger partial charge in [0.05, 0.1) is 6.04 Å². The molecule has 2 atom stereocenters. The summed E-state index contributed by atoms with van der Waals surface area (Å²) in [6.45, 7) is 6.25. The highest BCUT2D eigenvalue weighted by Crippen LogP contribution is 2.16. The number of nitrogens with zero attached hydrogens (tertiary/aromatic N) is 1. The molecular weight excluding hydrogens is 162 g/mol. The van der Waals surface area contributed by atoms with Crippen molar-refractivity contribution in [1.29, 1.82) is 0 Å². The Bertz CT molecular complexity index is 125. The van der Waals surface area contributed by atoms with Gasteiger partial charge in [-0.25, -0.2) is 0 Å². The average molecular weight is 185 g/mol. The van der Waals surface area contributed by atoms with Crippen LogP contribution >= 0.6 is 0 Å². The fourth-order valence-electron chi connectivity index (χ4n) is 1.41. The minimum atomic E-state index is -0.00817. The Labute approximate surface area is 82.1 Å². The summed E-state index contributed by atoms with van der Waals surface area (Å²) in [4.78, 5) is 10.2. The van der Waals surface area contributed by atoms with Crippen LogP contribution in [0.2, 0.25) is 0 Å². The summed E-state index contributed by atoms with van der Waals surface area (Å²) in [6, 6.07) is -0.00817. The highest BCUT2D eigenvalue weighted by Gasteiger charge is 2.10. The largest absolute Gasteiger partial charge is 0.151 e. The van der Waals surface area contributed by atoms with Gasteiger partial charge < -0.3 is 0 Å². The Morgan fingerprint density at radius 2 is 1.69 bits per heavy atom. The van der Waals surface area contributed by atoms with Gasteiger partial charge in [-0.2, -0.15) is 4.91 Å². The summed E-state index contributed by atoms with van der Waals surface area (Å²) in [6.07, 6.45) is 7.69. The van der Waals surface area contributed by atoms with Gasteiger partial charge in [0.15, 0.2) is 0 Å². The zero-order valence-electron chi connectivity index (χ0n) is 9.25. The van der Waals surface area contributed by atoms with Crippen molar-refractivity contribution in [3.05, 3.63) is 4.91 Å². The maximum absolute atomic E-state index is 10.2. The van der Waals surface area contributed by atoms with Crippen molar-refractivity contribution in [1.82, 2.24) is 0 Å². The van der Waals surface area contributed by atoms with Gasteiger partial charge in [-0.3, -0.25) is 0 Å². The third-order valence-electron chi connectivity index (χ3n) is 2.75. The standard InChI is InChI=1S/C11H23NO/c1-4-5-6-7-8-9-10(2)11(3)12-13/h10-11H,4-9H2,1-3H3/t10-,11?/m1/s1. The van der Waals surface area contributed by atoms with Crippen LogP contribution in [0.25, 0.3) is 0 Å². The Balaban J connectivity index is 3.26. The van der Waals surface area contributed by atoms with Crippen molar-refractivity contribution in [3.63, 3.8) is 0 Å². The molecule has 0 aromatic heterocycles. The molecule has 0 aliphatic carbocycles. The number of unbranched alkanes of at least 4 members (excludes halogenated alkanes) is 4. The third kappa shape index (κ3) is 6.73. The van der Waals surface area contributed by atoms with Crippen molar-refractivity contribution in [2.45, 2.75) is 65.3 Å². The van der Waals surface area contributed by atoms with E-state index in [9.17, 15) is 4.91 Å². The van der Waals surface area contributed by atoms with Gasteiger partial charge in [0, 0.05) is 0 Å². The Hall–Kier alpha value is -0.400. The normalized spacial score (nSPS) is 15.3. The van der Waals surface area contributed by atoms with Crippen LogP contribution in [0.15, 0.2) is 5.18 Å². The van der Waals surface area contributed by atoms with Gasteiger partial charge in [-0.05, 0) is 19.3 Å². The van der Waals surface area contributed by atoms with E-state index in [0.717, 1.165) is 6.42 Å². The molecule has 1 unspecified atom stereocenters. The summed E-state index contributed by atoms with van der Waals surface area (Å²) in [5, 5.41) is 3.05. The first-order valence-electron chi connectivity index (χ1n) is 5.54. The quantitative estimate of drug-likeness (QED) is 0.413. The van der Waals surface area contributed by atoms with Crippen LogP contribution in [-0.4, -0.2) is 6.04 Å². The number of hydrogen-bond acceptors (Lipinski definition) is 2. The van der Waals surface area contributed by atoms with Crippen LogP contribution in [0.5, 0.6) is 0 Å². The minimum Gasteiger partial charge on any atom is -0.151 e. The summed E-state index contributed by atoms with van der Waals surface area (Å²) in [5.41, 5.74) is 0. The van der Waals surface area contributed by atoms with E-state index in [1.54, 1.807) is 0 Å². The molecule has 0 rings (SSSR count). The predicted octanol–water partition coefficient (Wildman–Crippen LogP) is 4.14. The lowest BCUT2D eigenvalue weighted by atomic mass is 9.97. The molecule has 2 nitrogen and oxygen atoms in total. The van der Waals surface area contributed by atoms with E-state index in [1.165, 1.54) is 32.1 Å². The number of nitroso groups, excluding NO2 is 1. The van der Waals surface area contributed by atoms with Crippen LogP contribution < -0.4 is 0 Å². The lowest BCUT2D eigenvalue weighted by Gasteiger charge is -2.12. The molecule has 0 saturated heterocycles. The maximum atomic E-state index is 10.2. The molecule has 0 bridgehead atoms. The molecule has 0 fully saturated rings. The molecule has 0 amide bonds. The summed E-state index contributed by atoms with van der Waals surface area (Å²) in [7, 11) is 0. The molecule has 78 valence electrons. The second kappa shape index (κ2) is 8.21. The van der Waals surface area contributed by atoms with Crippen LogP contribution in [0, 0.1) is 10.8 Å². The topological polar surface area (TPSA) is 29.4 Å². The first-order valence-corrected chi connectivity index (χ1v) is 5.54. The summed E-state index contributed by atoms with van der Waals surface area (Å²) in [5.74, 6) is 0.458. The Morgan fingerprint density at radius 3 is 2.23 bits per heavy atom. The summed E-state index contributed by atoms with van der Waals surface area (Å²) < 4.78 is 0. The third-order valence-corrected chi connectivity index (χ3v) is 2.75. The maximum Gasteiger partial charge on any atom is 0.0917 e. The second-order valence-electron chi connectivity index (χ2n) is 4.03. The molecule has 0 saturated carbocycles. The highest BCUT2D eigenvalue weighted by molar-refractivity contribution is 4.66. The van der Waals surface area contributed by atoms with Gasteiger partial charge in [-0.15, -0.1) is 0 Å². The molecule has 0 aliphatic heterocycles. The second-order valence-corrected chi connectivity index (χ2v) is 4.03. The van der Waals surface area contributed by atoms with Crippen LogP contribution in [0.3, 0.4) is 0 Å². The zero-order chi connectivity index (χ0) is 10.1. The highest BCUT2D eigenvalue weighted by atomic mass is 16.3. The summed E-state index contributed by atoms with van der Waals surface area (Å²) >= 11 is 0. The van der Waals surface area contributed by atoms with Gasteiger partial charge in [-0.1, -0.05) is 51.1 Å². The van der Waals surface area contributed by atoms with Crippen LogP contribution in [-0.2, 0) is 0 Å². The van der Waals surface area contributed by atoms with Crippen molar-refractivity contribution in [2.24, 2.45) is 11.1 Å². The first-order chi connectivity index (χ1) is 6.22. The molecule has 0 aliphatic rings. The van der Waals surface area contributed by atoms with Crippen molar-refractivity contribution < 1.29 is 0 Å². The zero-order valence-corrected chi connectivity index (χ0v) is 9.25. The predicted molar refractivity (Wildman–Crippen MR) is 57.8 cm³/mol. The molecular formula is C11H23NO. The molecule has 0 spiro atoms. The van der Waals surface area contributed by atoms with Gasteiger partial charge in [0.1, 0.15) is 0 Å². The van der Waals surface area contributed by atoms with Gasteiger partial charge in [0.2, 0.25) is 0 Å². The number of hydrogen-bond donors (Lipinski definition) is 0. The lowest BCUT2D eigenvalue weighted by Crippen LogP contribution is -2.10. The van der Waals surface area contributed by atoms with E-state index in [1.807, 2.05) is 6.92 Å². The van der Waals surface area contributed by atoms with Gasteiger partial charge in [0.25, 0.3) is 0 Å². The molecule has 2 heteroatoms. The fraction of sp³-hybridized carbons (Fsp3) is 1.00. The minimum absolute atomic E-state index is 0.00817. The van der Waals surface area contributed by atoms with E-state index in [0.29, 0.717) is 5.92 Å². The average Bonchev–Trinajstić information content (AvgIpc) is 2.16. The molecule has 0 aromatic rings. The van der Waals surface area contributed by atoms with E-state index in [-0.39, 0.29) is 6.04 Å². The SMILES string of the molecule is CCCCCCC[C@@H](C)C(C)N=O. The Morgan fingerprint density at radius 1 is 1.08 bits per heavy atom. The van der Waals surface area contributed by atoms with Crippen molar-refractivity contribution >= 4 is 0 Å². The molecule has 0 aromatic carbocycles. The number of rotatable bonds is 8. The Kier molecular flexibility index (Phi) is 7.96. The van der Waals surface area contributed by atoms with E-state index in [2.05, 4.69) is 19.0 Å². The van der Waals surface area contributed by atoms with E-state index < -0.39 is 0 Å². The van der Waals surface area contributed by atoms with Crippen molar-refractivity contribution in [2.75, 3.05) is 0 Å². The smallest absolute Gasteiger partial charge is 0.0917 e. The van der Waals surface area contributed by atoms with Gasteiger partial charge >= 0.3 is 0 Å². The monoisotopic (exact) mass is 185 g/mol. The van der Waals surface area contributed by atoms with Crippen LogP contribution in [0.4, 0.5) is 0 Å². The molecule has 0 N–H and O–H groups in total. The van der Waals surface area contributed by atoms with Crippen LogP contribution in [0.1, 0.15) is 59.3 Å². The van der Waals surface area contributed by atoms with E-state index in [4.69, 9.17) is 0 Å². The molecule has 13 heavy (non-hydrogen) atoms. The van der Waals surface area contributed by atoms with E-state index >= 15 is 0 Å². The molecule has 0 radical (unpaired) electrons. The van der Waals surface area contributed by atoms with Crippen molar-refractivity contribution in [3.8, 4) is 0 Å². The molecule has 0 heterocycles. The fourth-order valence-corrected chi connectivity index (χ4v) is 1.41.